The Balaban J connectivity index is 3.44. The highest BCUT2D eigenvalue weighted by Crippen LogP contribution is 2.17. The van der Waals surface area contributed by atoms with Crippen molar-refractivity contribution >= 4 is 11.9 Å². The van der Waals surface area contributed by atoms with Gasteiger partial charge in [0.1, 0.15) is 0 Å². The van der Waals surface area contributed by atoms with Crippen LogP contribution in [0.15, 0.2) is 24.3 Å². The third-order valence-electron chi connectivity index (χ3n) is 13.5. The number of nitrogens with one attached hydrogen (secondary N) is 1. The molecule has 0 saturated heterocycles. The topological polar surface area (TPSA) is 95.9 Å². The van der Waals surface area contributed by atoms with Crippen LogP contribution in [0, 0.1) is 0 Å². The molecule has 0 fully saturated rings. The number of unbranched alkanes of at least 4 members (excludes halogenated alkanes) is 39. The predicted octanol–water partition coefficient (Wildman–Crippen LogP) is 17.9. The summed E-state index contributed by atoms with van der Waals surface area (Å²) in [5.74, 6) is -0.0511. The van der Waals surface area contributed by atoms with Gasteiger partial charge in [0.15, 0.2) is 0 Å². The normalized spacial score (nSPS) is 12.7. The van der Waals surface area contributed by atoms with E-state index in [1.165, 1.54) is 225 Å². The van der Waals surface area contributed by atoms with Crippen LogP contribution in [0.1, 0.15) is 316 Å². The molecule has 6 nitrogen and oxygen atoms in total. The molecule has 0 aliphatic rings. The van der Waals surface area contributed by atoms with E-state index < -0.39 is 12.1 Å². The Kier molecular flexibility index (Phi) is 53.5. The molecule has 0 bridgehead atoms. The first-order chi connectivity index (χ1) is 32.0. The lowest BCUT2D eigenvalue weighted by Crippen LogP contribution is -2.45. The molecule has 3 N–H and O–H groups in total. The second-order valence-electron chi connectivity index (χ2n) is 20.0. The minimum absolute atomic E-state index is 0.00490. The number of hydrogen-bond acceptors (Lipinski definition) is 5. The van der Waals surface area contributed by atoms with Crippen molar-refractivity contribution in [3.8, 4) is 0 Å². The quantitative estimate of drug-likeness (QED) is 0.0321. The molecule has 0 aromatic carbocycles. The first-order valence-electron chi connectivity index (χ1n) is 29.1. The first-order valence-corrected chi connectivity index (χ1v) is 29.1. The SMILES string of the molecule is CCCCCCCC/C=C\CCCCCCCCCC(=O)OCCCCCCCC/C=C\CCCCCCCCCC(=O)NC(CO)C(O)CCCCCCCCCCCCCCCC. The van der Waals surface area contributed by atoms with Crippen molar-refractivity contribution in [2.75, 3.05) is 13.2 Å². The number of amides is 1. The van der Waals surface area contributed by atoms with E-state index in [0.29, 0.717) is 25.9 Å². The van der Waals surface area contributed by atoms with E-state index in [-0.39, 0.29) is 18.5 Å². The maximum atomic E-state index is 12.5. The second-order valence-corrected chi connectivity index (χ2v) is 20.0. The van der Waals surface area contributed by atoms with Gasteiger partial charge in [-0.25, -0.2) is 0 Å². The molecule has 0 radical (unpaired) electrons. The van der Waals surface area contributed by atoms with Crippen molar-refractivity contribution < 1.29 is 24.5 Å². The second kappa shape index (κ2) is 54.9. The number of hydrogen-bond donors (Lipinski definition) is 3. The Morgan fingerprint density at radius 3 is 1.09 bits per heavy atom. The Morgan fingerprint density at radius 1 is 0.415 bits per heavy atom. The molecule has 0 aromatic heterocycles. The van der Waals surface area contributed by atoms with Gasteiger partial charge in [-0.2, -0.15) is 0 Å². The van der Waals surface area contributed by atoms with Crippen LogP contribution < -0.4 is 5.32 Å². The number of esters is 1. The fraction of sp³-hybridized carbons (Fsp3) is 0.898. The highest BCUT2D eigenvalue weighted by molar-refractivity contribution is 5.76. The summed E-state index contributed by atoms with van der Waals surface area (Å²) in [5.41, 5.74) is 0. The third kappa shape index (κ3) is 51.6. The van der Waals surface area contributed by atoms with Crippen LogP contribution in [-0.2, 0) is 14.3 Å². The van der Waals surface area contributed by atoms with Gasteiger partial charge in [-0.15, -0.1) is 0 Å². The summed E-state index contributed by atoms with van der Waals surface area (Å²) in [7, 11) is 0. The molecule has 0 aliphatic carbocycles. The molecular weight excluding hydrogens is 803 g/mol. The van der Waals surface area contributed by atoms with Crippen LogP contribution >= 0.6 is 0 Å². The molecule has 384 valence electrons. The zero-order chi connectivity index (χ0) is 47.2. The molecule has 0 saturated carbocycles. The monoisotopic (exact) mass is 916 g/mol. The largest absolute Gasteiger partial charge is 0.466 e. The van der Waals surface area contributed by atoms with Gasteiger partial charge < -0.3 is 20.3 Å². The van der Waals surface area contributed by atoms with Gasteiger partial charge in [0.2, 0.25) is 5.91 Å². The Labute approximate surface area is 405 Å². The lowest BCUT2D eigenvalue weighted by atomic mass is 10.0. The molecule has 2 atom stereocenters. The van der Waals surface area contributed by atoms with Crippen LogP contribution in [0.2, 0.25) is 0 Å². The molecular formula is C59H113NO5. The Bertz CT molecular complexity index is 1010. The van der Waals surface area contributed by atoms with E-state index in [1.54, 1.807) is 0 Å². The number of carbonyl (C=O) groups is 2. The lowest BCUT2D eigenvalue weighted by Gasteiger charge is -2.22. The summed E-state index contributed by atoms with van der Waals surface area (Å²) in [5, 5.41) is 23.2. The summed E-state index contributed by atoms with van der Waals surface area (Å²) in [6.07, 6.45) is 65.9. The van der Waals surface area contributed by atoms with Gasteiger partial charge in [-0.05, 0) is 77.0 Å². The van der Waals surface area contributed by atoms with Gasteiger partial charge in [0, 0.05) is 12.8 Å². The molecule has 0 rings (SSSR count). The average Bonchev–Trinajstić information content (AvgIpc) is 3.31. The van der Waals surface area contributed by atoms with Crippen LogP contribution in [-0.4, -0.2) is 47.4 Å². The van der Waals surface area contributed by atoms with Crippen LogP contribution in [0.4, 0.5) is 0 Å². The van der Waals surface area contributed by atoms with Gasteiger partial charge in [-0.3, -0.25) is 9.59 Å². The molecule has 0 aliphatic heterocycles. The van der Waals surface area contributed by atoms with Crippen molar-refractivity contribution in [2.45, 2.75) is 328 Å². The molecule has 0 spiro atoms. The predicted molar refractivity (Wildman–Crippen MR) is 283 cm³/mol. The first kappa shape index (κ1) is 63.3. The fourth-order valence-electron chi connectivity index (χ4n) is 8.98. The molecule has 0 aromatic rings. The van der Waals surface area contributed by atoms with E-state index in [4.69, 9.17) is 4.74 Å². The van der Waals surface area contributed by atoms with E-state index in [9.17, 15) is 19.8 Å². The van der Waals surface area contributed by atoms with E-state index >= 15 is 0 Å². The number of aliphatic hydroxyl groups excluding tert-OH is 2. The van der Waals surface area contributed by atoms with Crippen molar-refractivity contribution in [3.63, 3.8) is 0 Å². The summed E-state index contributed by atoms with van der Waals surface area (Å²) < 4.78 is 5.48. The fourth-order valence-corrected chi connectivity index (χ4v) is 8.98. The maximum Gasteiger partial charge on any atom is 0.305 e. The van der Waals surface area contributed by atoms with Crippen LogP contribution in [0.25, 0.3) is 0 Å². The number of rotatable bonds is 54. The van der Waals surface area contributed by atoms with Gasteiger partial charge in [-0.1, -0.05) is 250 Å². The minimum atomic E-state index is -0.671. The van der Waals surface area contributed by atoms with Gasteiger partial charge in [0.05, 0.1) is 25.4 Å². The Hall–Kier alpha value is -1.66. The summed E-state index contributed by atoms with van der Waals surface area (Å²) >= 11 is 0. The number of allylic oxidation sites excluding steroid dienone is 4. The van der Waals surface area contributed by atoms with Crippen LogP contribution in [0.3, 0.4) is 0 Å². The minimum Gasteiger partial charge on any atom is -0.466 e. The van der Waals surface area contributed by atoms with E-state index in [0.717, 1.165) is 57.8 Å². The van der Waals surface area contributed by atoms with Crippen molar-refractivity contribution in [1.82, 2.24) is 5.32 Å². The Morgan fingerprint density at radius 2 is 0.723 bits per heavy atom. The van der Waals surface area contributed by atoms with Crippen molar-refractivity contribution in [3.05, 3.63) is 24.3 Å². The molecule has 0 heterocycles. The van der Waals surface area contributed by atoms with Crippen molar-refractivity contribution in [1.29, 1.82) is 0 Å². The average molecular weight is 917 g/mol. The van der Waals surface area contributed by atoms with Crippen LogP contribution in [0.5, 0.6) is 0 Å². The molecule has 65 heavy (non-hydrogen) atoms. The maximum absolute atomic E-state index is 12.5. The zero-order valence-corrected chi connectivity index (χ0v) is 43.7. The smallest absolute Gasteiger partial charge is 0.305 e. The zero-order valence-electron chi connectivity index (χ0n) is 43.7. The molecule has 6 heteroatoms. The van der Waals surface area contributed by atoms with Gasteiger partial charge in [0.25, 0.3) is 0 Å². The number of ether oxygens (including phenoxy) is 1. The molecule has 2 unspecified atom stereocenters. The summed E-state index contributed by atoms with van der Waals surface area (Å²) in [6.45, 7) is 4.94. The van der Waals surface area contributed by atoms with E-state index in [2.05, 4.69) is 43.5 Å². The standard InChI is InChI=1S/C59H113NO5/c1-3-5-7-9-11-13-15-17-19-21-25-29-33-37-41-45-49-53-59(64)65-54-50-46-42-38-34-30-26-23-20-22-24-28-32-36-40-44-48-52-58(63)60-56(55-61)57(62)51-47-43-39-35-31-27-18-16-14-12-10-8-6-4-2/h17,19-20,23,56-57,61-62H,3-16,18,21-22,24-55H2,1-2H3,(H,60,63)/b19-17-,23-20-. The number of carbonyl (C=O) groups excluding carboxylic acids is 2. The third-order valence-corrected chi connectivity index (χ3v) is 13.5. The highest BCUT2D eigenvalue weighted by Gasteiger charge is 2.20. The highest BCUT2D eigenvalue weighted by atomic mass is 16.5. The number of aliphatic hydroxyl groups is 2. The van der Waals surface area contributed by atoms with E-state index in [1.807, 2.05) is 0 Å². The molecule has 1 amide bonds. The lowest BCUT2D eigenvalue weighted by molar-refractivity contribution is -0.143. The summed E-state index contributed by atoms with van der Waals surface area (Å²) in [4.78, 5) is 24.5. The van der Waals surface area contributed by atoms with Crippen molar-refractivity contribution in [2.24, 2.45) is 0 Å². The van der Waals surface area contributed by atoms with Gasteiger partial charge >= 0.3 is 5.97 Å². The summed E-state index contributed by atoms with van der Waals surface area (Å²) in [6, 6.07) is -0.550.